The van der Waals surface area contributed by atoms with Gasteiger partial charge in [0.25, 0.3) is 0 Å². The third kappa shape index (κ3) is 25.4. The number of aliphatic hydroxyl groups is 11. The van der Waals surface area contributed by atoms with Gasteiger partial charge in [0.2, 0.25) is 5.91 Å². The number of rotatable bonds is 43. The number of carbonyl (C=O) groups excluding carboxylic acids is 1. The van der Waals surface area contributed by atoms with E-state index >= 15 is 0 Å². The molecular formula is C57H105NO18. The highest BCUT2D eigenvalue weighted by atomic mass is 16.8. The molecule has 3 aliphatic heterocycles. The van der Waals surface area contributed by atoms with Gasteiger partial charge in [0.1, 0.15) is 73.2 Å². The Morgan fingerprint density at radius 2 is 0.868 bits per heavy atom. The highest BCUT2D eigenvalue weighted by Gasteiger charge is 2.53. The molecule has 3 fully saturated rings. The van der Waals surface area contributed by atoms with Crippen LogP contribution in [0.4, 0.5) is 0 Å². The molecule has 3 rings (SSSR count). The lowest BCUT2D eigenvalue weighted by Gasteiger charge is -2.48. The summed E-state index contributed by atoms with van der Waals surface area (Å²) >= 11 is 0. The van der Waals surface area contributed by atoms with Crippen LogP contribution in [-0.2, 0) is 33.2 Å². The van der Waals surface area contributed by atoms with E-state index in [0.29, 0.717) is 12.8 Å². The van der Waals surface area contributed by atoms with Gasteiger partial charge in [-0.3, -0.25) is 4.79 Å². The van der Waals surface area contributed by atoms with Crippen molar-refractivity contribution >= 4 is 5.91 Å². The van der Waals surface area contributed by atoms with E-state index in [1.54, 1.807) is 0 Å². The number of unbranched alkanes of at least 4 members (excludes halogenated alkanes) is 23. The molecule has 1 amide bonds. The quantitative estimate of drug-likeness (QED) is 0.0289. The molecule has 17 unspecified atom stereocenters. The van der Waals surface area contributed by atoms with Crippen LogP contribution < -0.4 is 5.32 Å². The van der Waals surface area contributed by atoms with Crippen molar-refractivity contribution in [2.75, 3.05) is 26.4 Å². The summed E-state index contributed by atoms with van der Waals surface area (Å²) in [6.07, 6.45) is 14.0. The first-order valence-corrected chi connectivity index (χ1v) is 29.6. The van der Waals surface area contributed by atoms with Crippen LogP contribution >= 0.6 is 0 Å². The van der Waals surface area contributed by atoms with Gasteiger partial charge in [0, 0.05) is 6.42 Å². The zero-order valence-corrected chi connectivity index (χ0v) is 46.2. The SMILES string of the molecule is CCCCC/C=C\C/C=C\CCCCCCCCCC(=O)NC(COC1OC(CO)C(OC2OC(CO)C(OC3OC(CO)C(O)C(O)C3O)C(O)C2O)C(O)C1O)C(O)CCCCCCCCCCCCCCCC. The zero-order chi connectivity index (χ0) is 55.5. The highest BCUT2D eigenvalue weighted by molar-refractivity contribution is 5.76. The molecule has 19 heteroatoms. The van der Waals surface area contributed by atoms with Crippen molar-refractivity contribution < 1.29 is 89.4 Å². The molecule has 3 aliphatic rings. The molecule has 17 atom stereocenters. The van der Waals surface area contributed by atoms with Gasteiger partial charge in [0.05, 0.1) is 38.6 Å². The lowest BCUT2D eigenvalue weighted by molar-refractivity contribution is -0.379. The summed E-state index contributed by atoms with van der Waals surface area (Å²) < 4.78 is 34.3. The Hall–Kier alpha value is -1.73. The van der Waals surface area contributed by atoms with E-state index in [1.807, 2.05) is 0 Å². The van der Waals surface area contributed by atoms with Crippen LogP contribution in [0.1, 0.15) is 200 Å². The number of amides is 1. The maximum Gasteiger partial charge on any atom is 0.220 e. The number of aliphatic hydroxyl groups excluding tert-OH is 11. The Labute approximate surface area is 454 Å². The average molecular weight is 1090 g/mol. The molecular weight excluding hydrogens is 987 g/mol. The van der Waals surface area contributed by atoms with Crippen LogP contribution in [0, 0.1) is 0 Å². The van der Waals surface area contributed by atoms with Crippen LogP contribution in [0.3, 0.4) is 0 Å². The smallest absolute Gasteiger partial charge is 0.220 e. The van der Waals surface area contributed by atoms with Crippen LogP contribution in [0.5, 0.6) is 0 Å². The first kappa shape index (κ1) is 68.5. The summed E-state index contributed by atoms with van der Waals surface area (Å²) in [5, 5.41) is 120. The Balaban J connectivity index is 1.51. The lowest BCUT2D eigenvalue weighted by Crippen LogP contribution is -2.66. The second-order valence-electron chi connectivity index (χ2n) is 21.5. The predicted molar refractivity (Wildman–Crippen MR) is 286 cm³/mol. The fourth-order valence-corrected chi connectivity index (χ4v) is 10.1. The highest BCUT2D eigenvalue weighted by Crippen LogP contribution is 2.33. The second kappa shape index (κ2) is 41.3. The van der Waals surface area contributed by atoms with Crippen LogP contribution in [0.15, 0.2) is 24.3 Å². The van der Waals surface area contributed by atoms with E-state index in [0.717, 1.165) is 77.0 Å². The van der Waals surface area contributed by atoms with E-state index in [1.165, 1.54) is 89.9 Å². The van der Waals surface area contributed by atoms with Gasteiger partial charge < -0.3 is 89.9 Å². The lowest BCUT2D eigenvalue weighted by atomic mass is 9.96. The summed E-state index contributed by atoms with van der Waals surface area (Å²) in [4.78, 5) is 13.3. The molecule has 0 radical (unpaired) electrons. The molecule has 446 valence electrons. The molecule has 76 heavy (non-hydrogen) atoms. The molecule has 3 saturated heterocycles. The normalized spacial score (nSPS) is 31.1. The first-order chi connectivity index (χ1) is 36.8. The van der Waals surface area contributed by atoms with Crippen molar-refractivity contribution in [3.8, 4) is 0 Å². The topological polar surface area (TPSA) is 307 Å². The van der Waals surface area contributed by atoms with Crippen molar-refractivity contribution in [2.45, 2.75) is 304 Å². The van der Waals surface area contributed by atoms with Crippen molar-refractivity contribution in [3.63, 3.8) is 0 Å². The Morgan fingerprint density at radius 1 is 0.474 bits per heavy atom. The zero-order valence-electron chi connectivity index (χ0n) is 46.2. The Kier molecular flexibility index (Phi) is 37.2. The third-order valence-corrected chi connectivity index (χ3v) is 15.0. The second-order valence-corrected chi connectivity index (χ2v) is 21.5. The summed E-state index contributed by atoms with van der Waals surface area (Å²) in [5.74, 6) is -0.252. The van der Waals surface area contributed by atoms with Crippen molar-refractivity contribution in [1.29, 1.82) is 0 Å². The molecule has 19 nitrogen and oxygen atoms in total. The molecule has 0 aliphatic carbocycles. The fourth-order valence-electron chi connectivity index (χ4n) is 10.1. The predicted octanol–water partition coefficient (Wildman–Crippen LogP) is 4.76. The number of allylic oxidation sites excluding steroid dienone is 4. The Bertz CT molecular complexity index is 1490. The number of carbonyl (C=O) groups is 1. The van der Waals surface area contributed by atoms with Gasteiger partial charge in [-0.2, -0.15) is 0 Å². The molecule has 3 heterocycles. The van der Waals surface area contributed by atoms with Crippen molar-refractivity contribution in [3.05, 3.63) is 24.3 Å². The molecule has 0 aromatic rings. The summed E-state index contributed by atoms with van der Waals surface area (Å²) in [5.41, 5.74) is 0. The number of hydrogen-bond acceptors (Lipinski definition) is 18. The summed E-state index contributed by atoms with van der Waals surface area (Å²) in [6.45, 7) is 1.75. The Morgan fingerprint density at radius 3 is 1.37 bits per heavy atom. The van der Waals surface area contributed by atoms with Crippen LogP contribution in [0.25, 0.3) is 0 Å². The van der Waals surface area contributed by atoms with Crippen LogP contribution in [-0.4, -0.2) is 193 Å². The largest absolute Gasteiger partial charge is 0.394 e. The fraction of sp³-hybridized carbons (Fsp3) is 0.912. The number of hydrogen-bond donors (Lipinski definition) is 12. The first-order valence-electron chi connectivity index (χ1n) is 29.6. The number of ether oxygens (including phenoxy) is 6. The standard InChI is InChI=1S/C57H105NO18/c1-3-5-7-9-11-13-15-17-19-20-21-23-25-27-29-31-33-35-45(63)58-40(41(62)34-32-30-28-26-24-22-18-16-14-12-10-8-6-4-2)39-71-55-51(69)48(66)53(43(37-60)73-55)76-57-52(70)49(67)54(44(38-61)74-57)75-56-50(68)47(65)46(64)42(36-59)72-56/h11,13,17,19,40-44,46-57,59-62,64-70H,3-10,12,14-16,18,20-39H2,1-2H3,(H,58,63)/b13-11-,19-17-. The van der Waals surface area contributed by atoms with Gasteiger partial charge in [-0.15, -0.1) is 0 Å². The summed E-state index contributed by atoms with van der Waals surface area (Å²) in [6, 6.07) is -0.888. The van der Waals surface area contributed by atoms with Gasteiger partial charge in [-0.25, -0.2) is 0 Å². The van der Waals surface area contributed by atoms with E-state index in [4.69, 9.17) is 28.4 Å². The minimum atomic E-state index is -1.97. The van der Waals surface area contributed by atoms with E-state index < -0.39 is 124 Å². The van der Waals surface area contributed by atoms with E-state index in [2.05, 4.69) is 43.5 Å². The maximum absolute atomic E-state index is 13.3. The molecule has 0 spiro atoms. The minimum Gasteiger partial charge on any atom is -0.394 e. The van der Waals surface area contributed by atoms with E-state index in [-0.39, 0.29) is 18.9 Å². The monoisotopic (exact) mass is 1090 g/mol. The molecule has 0 bridgehead atoms. The van der Waals surface area contributed by atoms with Crippen LogP contribution in [0.2, 0.25) is 0 Å². The molecule has 12 N–H and O–H groups in total. The van der Waals surface area contributed by atoms with Gasteiger partial charge >= 0.3 is 0 Å². The maximum atomic E-state index is 13.3. The average Bonchev–Trinajstić information content (AvgIpc) is 3.41. The van der Waals surface area contributed by atoms with E-state index in [9.17, 15) is 61.0 Å². The van der Waals surface area contributed by atoms with Crippen molar-refractivity contribution in [1.82, 2.24) is 5.32 Å². The molecule has 0 saturated carbocycles. The van der Waals surface area contributed by atoms with Gasteiger partial charge in [0.15, 0.2) is 18.9 Å². The van der Waals surface area contributed by atoms with Gasteiger partial charge in [-0.05, 0) is 44.9 Å². The third-order valence-electron chi connectivity index (χ3n) is 15.0. The van der Waals surface area contributed by atoms with Gasteiger partial charge in [-0.1, -0.05) is 173 Å². The summed E-state index contributed by atoms with van der Waals surface area (Å²) in [7, 11) is 0. The molecule has 0 aromatic heterocycles. The molecule has 0 aromatic carbocycles. The minimum absolute atomic E-state index is 0.252. The number of nitrogens with one attached hydrogen (secondary N) is 1. The van der Waals surface area contributed by atoms with Crippen molar-refractivity contribution in [2.24, 2.45) is 0 Å².